The third kappa shape index (κ3) is 2.38. The quantitative estimate of drug-likeness (QED) is 0.848. The Morgan fingerprint density at radius 3 is 2.04 bits per heavy atom. The van der Waals surface area contributed by atoms with E-state index in [1.165, 1.54) is 38.5 Å². The van der Waals surface area contributed by atoms with Gasteiger partial charge in [0.05, 0.1) is 11.9 Å². The minimum absolute atomic E-state index is 0.479. The smallest absolute Gasteiger partial charge is 0.130 e. The van der Waals surface area contributed by atoms with Gasteiger partial charge < -0.3 is 11.1 Å². The number of hydrogen-bond donors (Lipinski definition) is 2. The maximum Gasteiger partial charge on any atom is 0.130 e. The van der Waals surface area contributed by atoms with E-state index in [2.05, 4.69) is 34.6 Å². The highest BCUT2D eigenvalue weighted by atomic mass is 15.0. The van der Waals surface area contributed by atoms with Crippen LogP contribution in [0, 0.1) is 17.8 Å². The molecule has 1 heterocycles. The Labute approximate surface area is 143 Å². The predicted octanol–water partition coefficient (Wildman–Crippen LogP) is 4.88. The Kier molecular flexibility index (Phi) is 3.12. The van der Waals surface area contributed by atoms with Crippen molar-refractivity contribution in [3.05, 3.63) is 48.2 Å². The van der Waals surface area contributed by atoms with Crippen molar-refractivity contribution in [3.63, 3.8) is 0 Å². The second-order valence-corrected chi connectivity index (χ2v) is 8.38. The van der Waals surface area contributed by atoms with Crippen molar-refractivity contribution in [1.82, 2.24) is 4.98 Å². The van der Waals surface area contributed by atoms with Crippen molar-refractivity contribution < 1.29 is 0 Å². The molecule has 0 aliphatic heterocycles. The van der Waals surface area contributed by atoms with Gasteiger partial charge in [0.25, 0.3) is 0 Å². The molecule has 0 spiro atoms. The van der Waals surface area contributed by atoms with Gasteiger partial charge in [-0.15, -0.1) is 0 Å². The molecule has 1 aromatic heterocycles. The number of nitrogens with two attached hydrogens (primary N) is 1. The van der Waals surface area contributed by atoms with Gasteiger partial charge in [0.1, 0.15) is 5.82 Å². The highest BCUT2D eigenvalue weighted by Gasteiger charge is 2.51. The monoisotopic (exact) mass is 319 g/mol. The Bertz CT molecular complexity index is 697. The van der Waals surface area contributed by atoms with Gasteiger partial charge in [-0.2, -0.15) is 0 Å². The molecule has 3 N–H and O–H groups in total. The predicted molar refractivity (Wildman–Crippen MR) is 98.2 cm³/mol. The maximum atomic E-state index is 5.69. The fourth-order valence-electron chi connectivity index (χ4n) is 6.00. The number of nitrogens with zero attached hydrogens (tertiary/aromatic N) is 1. The molecule has 6 rings (SSSR count). The first-order chi connectivity index (χ1) is 11.7. The molecule has 4 saturated carbocycles. The lowest BCUT2D eigenvalue weighted by Gasteiger charge is -2.57. The lowest BCUT2D eigenvalue weighted by Crippen LogP contribution is -2.48. The van der Waals surface area contributed by atoms with Crippen LogP contribution in [0.3, 0.4) is 0 Å². The molecule has 3 nitrogen and oxygen atoms in total. The highest BCUT2D eigenvalue weighted by Crippen LogP contribution is 2.60. The van der Waals surface area contributed by atoms with Crippen molar-refractivity contribution in [1.29, 1.82) is 0 Å². The van der Waals surface area contributed by atoms with E-state index in [1.807, 2.05) is 12.1 Å². The van der Waals surface area contributed by atoms with Gasteiger partial charge in [-0.3, -0.25) is 0 Å². The maximum absolute atomic E-state index is 5.69. The van der Waals surface area contributed by atoms with Crippen molar-refractivity contribution in [2.75, 3.05) is 11.1 Å². The first-order valence-electron chi connectivity index (χ1n) is 9.28. The van der Waals surface area contributed by atoms with E-state index in [9.17, 15) is 0 Å². The molecule has 1 aromatic carbocycles. The summed E-state index contributed by atoms with van der Waals surface area (Å²) in [6.45, 7) is 0. The first kappa shape index (κ1) is 14.3. The molecule has 24 heavy (non-hydrogen) atoms. The molecular weight excluding hydrogens is 294 g/mol. The zero-order chi connectivity index (χ0) is 16.1. The van der Waals surface area contributed by atoms with Crippen LogP contribution in [0.4, 0.5) is 17.2 Å². The third-order valence-corrected chi connectivity index (χ3v) is 6.59. The zero-order valence-corrected chi connectivity index (χ0v) is 14.0. The topological polar surface area (TPSA) is 50.9 Å². The minimum Gasteiger partial charge on any atom is -0.397 e. The lowest BCUT2D eigenvalue weighted by atomic mass is 9.48. The number of nitrogens with one attached hydrogen (secondary N) is 1. The van der Waals surface area contributed by atoms with Crippen LogP contribution in [0.2, 0.25) is 0 Å². The van der Waals surface area contributed by atoms with E-state index in [4.69, 9.17) is 5.73 Å². The van der Waals surface area contributed by atoms with Crippen molar-refractivity contribution in [2.45, 2.75) is 43.9 Å². The summed E-state index contributed by atoms with van der Waals surface area (Å²) in [7, 11) is 0. The number of benzene rings is 1. The van der Waals surface area contributed by atoms with Crippen LogP contribution in [0.1, 0.15) is 44.1 Å². The largest absolute Gasteiger partial charge is 0.397 e. The molecule has 4 aliphatic carbocycles. The van der Waals surface area contributed by atoms with E-state index >= 15 is 0 Å². The molecule has 124 valence electrons. The zero-order valence-electron chi connectivity index (χ0n) is 14.0. The molecule has 4 bridgehead atoms. The van der Waals surface area contributed by atoms with Crippen LogP contribution < -0.4 is 11.1 Å². The van der Waals surface area contributed by atoms with E-state index in [0.717, 1.165) is 29.3 Å². The Hall–Kier alpha value is -2.03. The Morgan fingerprint density at radius 1 is 0.875 bits per heavy atom. The van der Waals surface area contributed by atoms with Gasteiger partial charge in [0, 0.05) is 5.69 Å². The van der Waals surface area contributed by atoms with E-state index in [0.29, 0.717) is 11.1 Å². The van der Waals surface area contributed by atoms with Crippen LogP contribution in [-0.4, -0.2) is 4.98 Å². The number of aromatic nitrogens is 1. The average Bonchev–Trinajstić information content (AvgIpc) is 2.56. The highest BCUT2D eigenvalue weighted by molar-refractivity contribution is 5.58. The molecule has 2 aromatic rings. The standard InChI is InChI=1S/C21H25N3/c22-18-3-6-20(23-13-18)24-19-4-1-17(2-5-19)21-10-14-7-15(11-21)9-16(8-14)12-21/h1-6,13-16H,7-12,22H2,(H,23,24). The average molecular weight is 319 g/mol. The van der Waals surface area contributed by atoms with Crippen LogP contribution >= 0.6 is 0 Å². The van der Waals surface area contributed by atoms with Crippen molar-refractivity contribution in [3.8, 4) is 0 Å². The molecule has 0 unspecified atom stereocenters. The first-order valence-corrected chi connectivity index (χ1v) is 9.28. The van der Waals surface area contributed by atoms with Crippen LogP contribution in [0.25, 0.3) is 0 Å². The van der Waals surface area contributed by atoms with Crippen LogP contribution in [0.15, 0.2) is 42.6 Å². The van der Waals surface area contributed by atoms with E-state index in [1.54, 1.807) is 11.8 Å². The molecule has 0 radical (unpaired) electrons. The Balaban J connectivity index is 1.37. The van der Waals surface area contributed by atoms with E-state index in [-0.39, 0.29) is 0 Å². The van der Waals surface area contributed by atoms with Crippen molar-refractivity contribution in [2.24, 2.45) is 17.8 Å². The van der Waals surface area contributed by atoms with Gasteiger partial charge in [0.15, 0.2) is 0 Å². The summed E-state index contributed by atoms with van der Waals surface area (Å²) in [5.41, 5.74) is 9.53. The summed E-state index contributed by atoms with van der Waals surface area (Å²) in [6.07, 6.45) is 10.5. The lowest BCUT2D eigenvalue weighted by molar-refractivity contribution is -0.00518. The van der Waals surface area contributed by atoms with Crippen molar-refractivity contribution >= 4 is 17.2 Å². The fraction of sp³-hybridized carbons (Fsp3) is 0.476. The molecule has 4 aliphatic rings. The summed E-state index contributed by atoms with van der Waals surface area (Å²) in [5.74, 6) is 3.82. The van der Waals surface area contributed by atoms with E-state index < -0.39 is 0 Å². The molecule has 0 amide bonds. The SMILES string of the molecule is Nc1ccc(Nc2ccc(C34CC5CC(CC(C5)C3)C4)cc2)nc1. The normalized spacial score (nSPS) is 33.6. The summed E-state index contributed by atoms with van der Waals surface area (Å²) in [6, 6.07) is 12.9. The number of nitrogen functional groups attached to an aromatic ring is 1. The summed E-state index contributed by atoms with van der Waals surface area (Å²) < 4.78 is 0. The summed E-state index contributed by atoms with van der Waals surface area (Å²) in [5, 5.41) is 3.37. The molecule has 0 saturated heterocycles. The van der Waals surface area contributed by atoms with Gasteiger partial charge >= 0.3 is 0 Å². The molecule has 3 heteroatoms. The molecule has 4 fully saturated rings. The fourth-order valence-corrected chi connectivity index (χ4v) is 6.00. The number of anilines is 3. The van der Waals surface area contributed by atoms with Gasteiger partial charge in [-0.05, 0) is 91.5 Å². The number of rotatable bonds is 3. The van der Waals surface area contributed by atoms with Crippen LogP contribution in [-0.2, 0) is 5.41 Å². The number of pyridine rings is 1. The Morgan fingerprint density at radius 2 is 1.50 bits per heavy atom. The van der Waals surface area contributed by atoms with Gasteiger partial charge in [-0.25, -0.2) is 4.98 Å². The molecular formula is C21H25N3. The summed E-state index contributed by atoms with van der Waals surface area (Å²) >= 11 is 0. The second-order valence-electron chi connectivity index (χ2n) is 8.38. The number of hydrogen-bond acceptors (Lipinski definition) is 3. The minimum atomic E-state index is 0.479. The molecule has 0 atom stereocenters. The van der Waals surface area contributed by atoms with Gasteiger partial charge in [0.2, 0.25) is 0 Å². The second kappa shape index (κ2) is 5.23. The third-order valence-electron chi connectivity index (χ3n) is 6.59. The van der Waals surface area contributed by atoms with Crippen LogP contribution in [0.5, 0.6) is 0 Å². The summed E-state index contributed by atoms with van der Waals surface area (Å²) in [4.78, 5) is 4.31. The van der Waals surface area contributed by atoms with Gasteiger partial charge in [-0.1, -0.05) is 12.1 Å².